The third-order valence-electron chi connectivity index (χ3n) is 4.82. The molecular formula is C20H18ClF3O. The molecule has 0 N–H and O–H groups in total. The average molecular weight is 367 g/mol. The van der Waals surface area contributed by atoms with Gasteiger partial charge in [-0.15, -0.1) is 0 Å². The molecule has 0 spiro atoms. The molecule has 132 valence electrons. The van der Waals surface area contributed by atoms with E-state index < -0.39 is 11.7 Å². The molecule has 0 bridgehead atoms. The molecule has 0 radical (unpaired) electrons. The molecule has 1 aliphatic carbocycles. The largest absolute Gasteiger partial charge is 0.416 e. The van der Waals surface area contributed by atoms with Gasteiger partial charge in [0.2, 0.25) is 0 Å². The Kier molecular flexibility index (Phi) is 5.19. The SMILES string of the molecule is O=C1CCC[C@@H](Cc2ccc(C(F)(F)F)cc2)[C@@H]1c1ccc(Cl)cc1. The van der Waals surface area contributed by atoms with E-state index >= 15 is 0 Å². The molecule has 5 heteroatoms. The Balaban J connectivity index is 1.81. The van der Waals surface area contributed by atoms with E-state index in [1.165, 1.54) is 12.1 Å². The second-order valence-corrected chi connectivity index (χ2v) is 6.98. The van der Waals surface area contributed by atoms with Crippen molar-refractivity contribution in [2.75, 3.05) is 0 Å². The van der Waals surface area contributed by atoms with Crippen molar-refractivity contribution in [2.45, 2.75) is 37.8 Å². The molecule has 1 aliphatic rings. The summed E-state index contributed by atoms with van der Waals surface area (Å²) in [5, 5.41) is 0.617. The van der Waals surface area contributed by atoms with Crippen molar-refractivity contribution in [3.63, 3.8) is 0 Å². The highest BCUT2D eigenvalue weighted by Crippen LogP contribution is 2.38. The summed E-state index contributed by atoms with van der Waals surface area (Å²) in [5.74, 6) is 0.0814. The van der Waals surface area contributed by atoms with Crippen LogP contribution >= 0.6 is 11.6 Å². The lowest BCUT2D eigenvalue weighted by molar-refractivity contribution is -0.137. The van der Waals surface area contributed by atoms with Crippen molar-refractivity contribution in [2.24, 2.45) is 5.92 Å². The molecule has 0 saturated heterocycles. The van der Waals surface area contributed by atoms with Gasteiger partial charge in [0.25, 0.3) is 0 Å². The number of carbonyl (C=O) groups excluding carboxylic acids is 1. The van der Waals surface area contributed by atoms with Gasteiger partial charge >= 0.3 is 6.18 Å². The van der Waals surface area contributed by atoms with Crippen molar-refractivity contribution < 1.29 is 18.0 Å². The number of benzene rings is 2. The number of hydrogen-bond acceptors (Lipinski definition) is 1. The number of ketones is 1. The van der Waals surface area contributed by atoms with Crippen LogP contribution in [0, 0.1) is 5.92 Å². The van der Waals surface area contributed by atoms with Gasteiger partial charge in [0.15, 0.2) is 0 Å². The Labute approximate surface area is 149 Å². The van der Waals surface area contributed by atoms with E-state index in [1.54, 1.807) is 12.1 Å². The molecule has 0 aliphatic heterocycles. The second-order valence-electron chi connectivity index (χ2n) is 6.55. The van der Waals surface area contributed by atoms with Gasteiger partial charge in [-0.3, -0.25) is 4.79 Å². The van der Waals surface area contributed by atoms with Crippen LogP contribution in [0.1, 0.15) is 41.9 Å². The van der Waals surface area contributed by atoms with Gasteiger partial charge in [0.1, 0.15) is 5.78 Å². The predicted molar refractivity (Wildman–Crippen MR) is 91.7 cm³/mol. The summed E-state index contributed by atoms with van der Waals surface area (Å²) in [6, 6.07) is 12.5. The molecule has 2 aromatic rings. The first-order valence-electron chi connectivity index (χ1n) is 8.29. The lowest BCUT2D eigenvalue weighted by atomic mass is 9.72. The summed E-state index contributed by atoms with van der Waals surface area (Å²) in [7, 11) is 0. The fourth-order valence-corrected chi connectivity index (χ4v) is 3.73. The zero-order valence-corrected chi connectivity index (χ0v) is 14.3. The molecule has 0 unspecified atom stereocenters. The fraction of sp³-hybridized carbons (Fsp3) is 0.350. The van der Waals surface area contributed by atoms with Gasteiger partial charge < -0.3 is 0 Å². The van der Waals surface area contributed by atoms with E-state index in [4.69, 9.17) is 11.6 Å². The maximum absolute atomic E-state index is 12.7. The highest BCUT2D eigenvalue weighted by molar-refractivity contribution is 6.30. The summed E-state index contributed by atoms with van der Waals surface area (Å²) in [4.78, 5) is 12.5. The first kappa shape index (κ1) is 18.0. The normalized spacial score (nSPS) is 21.4. The minimum Gasteiger partial charge on any atom is -0.299 e. The van der Waals surface area contributed by atoms with Crippen LogP contribution in [-0.2, 0) is 17.4 Å². The third kappa shape index (κ3) is 4.24. The zero-order chi connectivity index (χ0) is 18.0. The lowest BCUT2D eigenvalue weighted by Gasteiger charge is -2.31. The van der Waals surface area contributed by atoms with Gasteiger partial charge in [-0.25, -0.2) is 0 Å². The number of alkyl halides is 3. The van der Waals surface area contributed by atoms with Crippen LogP contribution < -0.4 is 0 Å². The van der Waals surface area contributed by atoms with Gasteiger partial charge in [-0.1, -0.05) is 35.9 Å². The molecule has 2 atom stereocenters. The Morgan fingerprint density at radius 3 is 2.24 bits per heavy atom. The number of Topliss-reactive ketones (excluding diaryl/α,β-unsaturated/α-hetero) is 1. The van der Waals surface area contributed by atoms with Crippen LogP contribution in [-0.4, -0.2) is 5.78 Å². The van der Waals surface area contributed by atoms with Gasteiger partial charge in [-0.2, -0.15) is 13.2 Å². The van der Waals surface area contributed by atoms with Crippen molar-refractivity contribution in [3.05, 3.63) is 70.2 Å². The average Bonchev–Trinajstić information content (AvgIpc) is 2.56. The third-order valence-corrected chi connectivity index (χ3v) is 5.08. The standard InChI is InChI=1S/C20H18ClF3O/c21-17-10-6-14(7-11-17)19-15(2-1-3-18(19)25)12-13-4-8-16(9-5-13)20(22,23)24/h4-11,15,19H,1-3,12H2/t15-,19-/m0/s1. The highest BCUT2D eigenvalue weighted by Gasteiger charge is 2.33. The number of carbonyl (C=O) groups is 1. The molecule has 2 aromatic carbocycles. The van der Waals surface area contributed by atoms with Crippen molar-refractivity contribution in [1.82, 2.24) is 0 Å². The van der Waals surface area contributed by atoms with E-state index in [-0.39, 0.29) is 17.6 Å². The summed E-state index contributed by atoms with van der Waals surface area (Å²) >= 11 is 5.93. The monoisotopic (exact) mass is 366 g/mol. The van der Waals surface area contributed by atoms with Crippen LogP contribution in [0.2, 0.25) is 5.02 Å². The Hall–Kier alpha value is -1.81. The summed E-state index contributed by atoms with van der Waals surface area (Å²) in [6.45, 7) is 0. The molecule has 1 nitrogen and oxygen atoms in total. The quantitative estimate of drug-likeness (QED) is 0.645. The van der Waals surface area contributed by atoms with Crippen molar-refractivity contribution in [3.8, 4) is 0 Å². The van der Waals surface area contributed by atoms with Crippen LogP contribution in [0.5, 0.6) is 0 Å². The molecule has 1 saturated carbocycles. The van der Waals surface area contributed by atoms with Crippen LogP contribution in [0.3, 0.4) is 0 Å². The maximum atomic E-state index is 12.7. The van der Waals surface area contributed by atoms with Crippen LogP contribution in [0.4, 0.5) is 13.2 Å². The number of hydrogen-bond donors (Lipinski definition) is 0. The van der Waals surface area contributed by atoms with E-state index in [2.05, 4.69) is 0 Å². The van der Waals surface area contributed by atoms with Gasteiger partial charge in [0, 0.05) is 17.4 Å². The first-order valence-corrected chi connectivity index (χ1v) is 8.67. The Morgan fingerprint density at radius 1 is 1.00 bits per heavy atom. The smallest absolute Gasteiger partial charge is 0.299 e. The first-order chi connectivity index (χ1) is 11.8. The molecule has 3 rings (SSSR count). The predicted octanol–water partition coefficient (Wildman–Crippen LogP) is 6.05. The Morgan fingerprint density at radius 2 is 1.64 bits per heavy atom. The number of rotatable bonds is 3. The topological polar surface area (TPSA) is 17.1 Å². The van der Waals surface area contributed by atoms with E-state index in [1.807, 2.05) is 12.1 Å². The Bertz CT molecular complexity index is 735. The van der Waals surface area contributed by atoms with E-state index in [0.29, 0.717) is 17.9 Å². The molecule has 25 heavy (non-hydrogen) atoms. The van der Waals surface area contributed by atoms with E-state index in [0.717, 1.165) is 36.1 Å². The number of halogens is 4. The minimum absolute atomic E-state index is 0.0964. The van der Waals surface area contributed by atoms with Crippen molar-refractivity contribution >= 4 is 17.4 Å². The van der Waals surface area contributed by atoms with Crippen molar-refractivity contribution in [1.29, 1.82) is 0 Å². The molecule has 1 fully saturated rings. The minimum atomic E-state index is -4.33. The maximum Gasteiger partial charge on any atom is 0.416 e. The molecule has 0 amide bonds. The lowest BCUT2D eigenvalue weighted by Crippen LogP contribution is -2.28. The fourth-order valence-electron chi connectivity index (χ4n) is 3.60. The van der Waals surface area contributed by atoms with Gasteiger partial charge in [-0.05, 0) is 60.6 Å². The molecule has 0 heterocycles. The summed E-state index contributed by atoms with van der Waals surface area (Å²) < 4.78 is 38.1. The van der Waals surface area contributed by atoms with E-state index in [9.17, 15) is 18.0 Å². The molecular weight excluding hydrogens is 349 g/mol. The molecule has 0 aromatic heterocycles. The zero-order valence-electron chi connectivity index (χ0n) is 13.5. The van der Waals surface area contributed by atoms with Crippen LogP contribution in [0.25, 0.3) is 0 Å². The van der Waals surface area contributed by atoms with Crippen LogP contribution in [0.15, 0.2) is 48.5 Å². The summed E-state index contributed by atoms with van der Waals surface area (Å²) in [6.07, 6.45) is -1.46. The summed E-state index contributed by atoms with van der Waals surface area (Å²) in [5.41, 5.74) is 1.11. The van der Waals surface area contributed by atoms with Gasteiger partial charge in [0.05, 0.1) is 5.56 Å². The second kappa shape index (κ2) is 7.20. The highest BCUT2D eigenvalue weighted by atomic mass is 35.5.